The molecule has 2 aromatic heterocycles. The van der Waals surface area contributed by atoms with E-state index in [4.69, 9.17) is 26.1 Å². The van der Waals surface area contributed by atoms with Gasteiger partial charge in [-0.05, 0) is 48.5 Å². The summed E-state index contributed by atoms with van der Waals surface area (Å²) in [4.78, 5) is 25.1. The van der Waals surface area contributed by atoms with Crippen LogP contribution < -0.4 is 14.4 Å². The molecule has 0 fully saturated rings. The molecule has 0 radical (unpaired) electrons. The first-order chi connectivity index (χ1) is 15.6. The molecule has 0 saturated heterocycles. The minimum atomic E-state index is -0.0763. The van der Waals surface area contributed by atoms with E-state index in [0.29, 0.717) is 33.7 Å². The van der Waals surface area contributed by atoms with Crippen molar-refractivity contribution in [2.75, 3.05) is 24.9 Å². The molecule has 0 saturated carbocycles. The topological polar surface area (TPSA) is 64.6 Å². The number of nitrogens with zero attached hydrogens (tertiary/aromatic N) is 3. The van der Waals surface area contributed by atoms with Gasteiger partial charge < -0.3 is 9.47 Å². The maximum absolute atomic E-state index is 13.3. The van der Waals surface area contributed by atoms with Crippen LogP contribution in [0.4, 0.5) is 5.13 Å². The Morgan fingerprint density at radius 2 is 1.81 bits per heavy atom. The van der Waals surface area contributed by atoms with Gasteiger partial charge in [-0.25, -0.2) is 4.98 Å². The third kappa shape index (κ3) is 4.98. The average molecular weight is 486 g/mol. The Hall–Kier alpha value is -2.81. The van der Waals surface area contributed by atoms with Crippen molar-refractivity contribution in [3.05, 3.63) is 71.5 Å². The van der Waals surface area contributed by atoms with Crippen molar-refractivity contribution in [2.24, 2.45) is 0 Å². The minimum Gasteiger partial charge on any atom is -0.495 e. The molecule has 4 rings (SSSR count). The summed E-state index contributed by atoms with van der Waals surface area (Å²) in [6.07, 6.45) is 1.71. The van der Waals surface area contributed by atoms with Crippen LogP contribution in [0.2, 0.25) is 5.02 Å². The largest absolute Gasteiger partial charge is 0.495 e. The summed E-state index contributed by atoms with van der Waals surface area (Å²) in [5.74, 6) is 1.49. The van der Waals surface area contributed by atoms with Crippen LogP contribution in [0, 0.1) is 0 Å². The predicted octanol–water partition coefficient (Wildman–Crippen LogP) is 5.69. The molecule has 0 spiro atoms. The number of benzene rings is 2. The van der Waals surface area contributed by atoms with Crippen molar-refractivity contribution in [3.63, 3.8) is 0 Å². The van der Waals surface area contributed by atoms with Crippen molar-refractivity contribution < 1.29 is 14.3 Å². The van der Waals surface area contributed by atoms with Crippen LogP contribution >= 0.6 is 34.7 Å². The van der Waals surface area contributed by atoms with Gasteiger partial charge in [0, 0.05) is 16.1 Å². The van der Waals surface area contributed by atoms with Gasteiger partial charge in [0.15, 0.2) is 5.13 Å². The van der Waals surface area contributed by atoms with Gasteiger partial charge in [0.25, 0.3) is 0 Å². The number of hydrogen-bond acceptors (Lipinski definition) is 7. The molecule has 9 heteroatoms. The summed E-state index contributed by atoms with van der Waals surface area (Å²) < 4.78 is 11.8. The molecule has 6 nitrogen and oxygen atoms in total. The monoisotopic (exact) mass is 485 g/mol. The van der Waals surface area contributed by atoms with Gasteiger partial charge in [0.1, 0.15) is 21.7 Å². The standard InChI is InChI=1S/C23H20ClN3O3S2/c1-29-18-10-11-19(30-2)22-21(18)26-23(32-22)27(13-16-5-3-4-12-25-16)20(28)14-31-17-8-6-15(24)7-9-17/h3-12H,13-14H2,1-2H3. The number of rotatable bonds is 8. The zero-order valence-corrected chi connectivity index (χ0v) is 19.8. The van der Waals surface area contributed by atoms with Crippen molar-refractivity contribution in [1.82, 2.24) is 9.97 Å². The third-order valence-corrected chi connectivity index (χ3v) is 6.99. The number of hydrogen-bond donors (Lipinski definition) is 0. The lowest BCUT2D eigenvalue weighted by Gasteiger charge is -2.19. The average Bonchev–Trinajstić information content (AvgIpc) is 3.27. The van der Waals surface area contributed by atoms with E-state index in [9.17, 15) is 4.79 Å². The van der Waals surface area contributed by atoms with Gasteiger partial charge in [0.2, 0.25) is 5.91 Å². The molecule has 0 aliphatic carbocycles. The van der Waals surface area contributed by atoms with Crippen LogP contribution in [0.1, 0.15) is 5.69 Å². The van der Waals surface area contributed by atoms with Crippen LogP contribution in [-0.4, -0.2) is 35.8 Å². The van der Waals surface area contributed by atoms with Gasteiger partial charge in [-0.3, -0.25) is 14.7 Å². The fourth-order valence-electron chi connectivity index (χ4n) is 3.06. The molecule has 32 heavy (non-hydrogen) atoms. The minimum absolute atomic E-state index is 0.0763. The smallest absolute Gasteiger partial charge is 0.239 e. The number of anilines is 1. The Kier molecular flexibility index (Phi) is 7.14. The highest BCUT2D eigenvalue weighted by Gasteiger charge is 2.23. The number of thiazole rings is 1. The molecule has 164 valence electrons. The Morgan fingerprint density at radius 1 is 1.06 bits per heavy atom. The van der Waals surface area contributed by atoms with E-state index in [1.807, 2.05) is 54.6 Å². The normalized spacial score (nSPS) is 10.8. The molecule has 0 unspecified atom stereocenters. The van der Waals surface area contributed by atoms with Crippen LogP contribution in [-0.2, 0) is 11.3 Å². The number of thioether (sulfide) groups is 1. The zero-order chi connectivity index (χ0) is 22.5. The fraction of sp³-hybridized carbons (Fsp3) is 0.174. The van der Waals surface area contributed by atoms with Crippen LogP contribution in [0.3, 0.4) is 0 Å². The van der Waals surface area contributed by atoms with Gasteiger partial charge in [-0.15, -0.1) is 11.8 Å². The van der Waals surface area contributed by atoms with E-state index in [1.54, 1.807) is 25.3 Å². The number of aromatic nitrogens is 2. The Labute approximate surface area is 199 Å². The van der Waals surface area contributed by atoms with E-state index >= 15 is 0 Å². The second-order valence-electron chi connectivity index (χ2n) is 6.69. The number of carbonyl (C=O) groups is 1. The highest BCUT2D eigenvalue weighted by Crippen LogP contribution is 2.40. The first-order valence-electron chi connectivity index (χ1n) is 9.69. The predicted molar refractivity (Wildman–Crippen MR) is 130 cm³/mol. The number of amides is 1. The molecule has 2 heterocycles. The van der Waals surface area contributed by atoms with E-state index < -0.39 is 0 Å². The number of carbonyl (C=O) groups excluding carboxylic acids is 1. The lowest BCUT2D eigenvalue weighted by Crippen LogP contribution is -2.32. The first kappa shape index (κ1) is 22.4. The number of pyridine rings is 1. The van der Waals surface area contributed by atoms with Gasteiger partial charge in [-0.1, -0.05) is 29.0 Å². The molecule has 4 aromatic rings. The van der Waals surface area contributed by atoms with Crippen LogP contribution in [0.25, 0.3) is 10.2 Å². The number of ether oxygens (including phenoxy) is 2. The quantitative estimate of drug-likeness (QED) is 0.299. The van der Waals surface area contributed by atoms with Crippen molar-refractivity contribution >= 4 is 56.0 Å². The van der Waals surface area contributed by atoms with Crippen molar-refractivity contribution in [2.45, 2.75) is 11.4 Å². The van der Waals surface area contributed by atoms with E-state index in [-0.39, 0.29) is 11.7 Å². The van der Waals surface area contributed by atoms with Gasteiger partial charge in [0.05, 0.1) is 32.2 Å². The summed E-state index contributed by atoms with van der Waals surface area (Å²) in [6.45, 7) is 0.311. The summed E-state index contributed by atoms with van der Waals surface area (Å²) in [5.41, 5.74) is 1.44. The molecule has 0 aliphatic heterocycles. The third-order valence-electron chi connectivity index (χ3n) is 4.65. The molecule has 0 atom stereocenters. The van der Waals surface area contributed by atoms with Crippen LogP contribution in [0.5, 0.6) is 11.5 Å². The molecule has 0 N–H and O–H groups in total. The summed E-state index contributed by atoms with van der Waals surface area (Å²) in [7, 11) is 3.21. The molecule has 0 aliphatic rings. The first-order valence-corrected chi connectivity index (χ1v) is 11.9. The Balaban J connectivity index is 1.67. The number of halogens is 1. The number of fused-ring (bicyclic) bond motifs is 1. The van der Waals surface area contributed by atoms with Gasteiger partial charge in [-0.2, -0.15) is 0 Å². The van der Waals surface area contributed by atoms with Crippen molar-refractivity contribution in [1.29, 1.82) is 0 Å². The van der Waals surface area contributed by atoms with E-state index in [2.05, 4.69) is 4.98 Å². The summed E-state index contributed by atoms with van der Waals surface area (Å²) in [5, 5.41) is 1.23. The molecule has 1 amide bonds. The Bertz CT molecular complexity index is 1180. The Morgan fingerprint density at radius 3 is 2.50 bits per heavy atom. The number of methoxy groups -OCH3 is 2. The van der Waals surface area contributed by atoms with E-state index in [1.165, 1.54) is 23.1 Å². The fourth-order valence-corrected chi connectivity index (χ4v) is 5.05. The second kappa shape index (κ2) is 10.2. The molecule has 2 aromatic carbocycles. The van der Waals surface area contributed by atoms with Crippen molar-refractivity contribution in [3.8, 4) is 11.5 Å². The van der Waals surface area contributed by atoms with Gasteiger partial charge >= 0.3 is 0 Å². The maximum Gasteiger partial charge on any atom is 0.239 e. The molecular weight excluding hydrogens is 466 g/mol. The maximum atomic E-state index is 13.3. The van der Waals surface area contributed by atoms with E-state index in [0.717, 1.165) is 15.3 Å². The lowest BCUT2D eigenvalue weighted by atomic mass is 10.3. The molecular formula is C23H20ClN3O3S2. The summed E-state index contributed by atoms with van der Waals surface area (Å²) >= 11 is 8.81. The zero-order valence-electron chi connectivity index (χ0n) is 17.4. The lowest BCUT2D eigenvalue weighted by molar-refractivity contribution is -0.116. The SMILES string of the molecule is COc1ccc(OC)c2sc(N(Cc3ccccn3)C(=O)CSc3ccc(Cl)cc3)nc12. The summed E-state index contributed by atoms with van der Waals surface area (Å²) in [6, 6.07) is 16.7. The molecule has 0 bridgehead atoms. The second-order valence-corrected chi connectivity index (χ2v) is 9.15. The van der Waals surface area contributed by atoms with Crippen LogP contribution in [0.15, 0.2) is 65.7 Å². The highest BCUT2D eigenvalue weighted by atomic mass is 35.5. The highest BCUT2D eigenvalue weighted by molar-refractivity contribution is 8.00.